The van der Waals surface area contributed by atoms with E-state index in [1.165, 1.54) is 6.42 Å². The van der Waals surface area contributed by atoms with Crippen LogP contribution in [-0.2, 0) is 6.54 Å². The maximum atomic E-state index is 12.0. The van der Waals surface area contributed by atoms with Crippen molar-refractivity contribution in [2.24, 2.45) is 11.7 Å². The van der Waals surface area contributed by atoms with E-state index in [4.69, 9.17) is 5.73 Å². The van der Waals surface area contributed by atoms with E-state index >= 15 is 0 Å². The van der Waals surface area contributed by atoms with Gasteiger partial charge in [0.2, 0.25) is 0 Å². The average molecular weight is 232 g/mol. The second-order valence-corrected chi connectivity index (χ2v) is 4.99. The maximum Gasteiger partial charge on any atom is 0.251 e. The van der Waals surface area contributed by atoms with Crippen LogP contribution in [0.4, 0.5) is 0 Å². The highest BCUT2D eigenvalue weighted by molar-refractivity contribution is 5.94. The molecule has 0 radical (unpaired) electrons. The van der Waals surface area contributed by atoms with Crippen molar-refractivity contribution in [3.63, 3.8) is 0 Å². The van der Waals surface area contributed by atoms with Crippen LogP contribution in [0.2, 0.25) is 0 Å². The Labute approximate surface area is 102 Å². The molecule has 0 spiro atoms. The summed E-state index contributed by atoms with van der Waals surface area (Å²) in [6.45, 7) is 2.75. The number of rotatable bonds is 3. The number of hydrogen-bond donors (Lipinski definition) is 2. The SMILES string of the molecule is CC1CCC(NC(=O)c2ccc(CN)cc2)C1. The molecule has 0 aromatic heterocycles. The standard InChI is InChI=1S/C14H20N2O/c1-10-2-7-13(8-10)16-14(17)12-5-3-11(9-15)4-6-12/h3-6,10,13H,2,7-9,15H2,1H3,(H,16,17). The summed E-state index contributed by atoms with van der Waals surface area (Å²) in [4.78, 5) is 12.0. The summed E-state index contributed by atoms with van der Waals surface area (Å²) in [6.07, 6.45) is 3.43. The molecule has 1 aliphatic carbocycles. The van der Waals surface area contributed by atoms with Gasteiger partial charge >= 0.3 is 0 Å². The molecule has 17 heavy (non-hydrogen) atoms. The van der Waals surface area contributed by atoms with Gasteiger partial charge in [-0.3, -0.25) is 4.79 Å². The minimum atomic E-state index is 0.0349. The Morgan fingerprint density at radius 2 is 2.06 bits per heavy atom. The smallest absolute Gasteiger partial charge is 0.251 e. The maximum absolute atomic E-state index is 12.0. The Morgan fingerprint density at radius 1 is 1.35 bits per heavy atom. The van der Waals surface area contributed by atoms with Gasteiger partial charge in [0, 0.05) is 18.2 Å². The largest absolute Gasteiger partial charge is 0.349 e. The zero-order chi connectivity index (χ0) is 12.3. The zero-order valence-electron chi connectivity index (χ0n) is 10.3. The predicted octanol–water partition coefficient (Wildman–Crippen LogP) is 2.06. The zero-order valence-corrected chi connectivity index (χ0v) is 10.3. The monoisotopic (exact) mass is 232 g/mol. The first-order chi connectivity index (χ1) is 8.19. The van der Waals surface area contributed by atoms with E-state index in [1.807, 2.05) is 24.3 Å². The molecule has 2 unspecified atom stereocenters. The van der Waals surface area contributed by atoms with Crippen LogP contribution in [0, 0.1) is 5.92 Å². The van der Waals surface area contributed by atoms with Crippen molar-refractivity contribution in [3.8, 4) is 0 Å². The number of benzene rings is 1. The van der Waals surface area contributed by atoms with Crippen LogP contribution in [0.15, 0.2) is 24.3 Å². The third-order valence-corrected chi connectivity index (χ3v) is 3.48. The van der Waals surface area contributed by atoms with Crippen LogP contribution in [0.5, 0.6) is 0 Å². The predicted molar refractivity (Wildman–Crippen MR) is 68.6 cm³/mol. The number of carbonyl (C=O) groups excluding carboxylic acids is 1. The van der Waals surface area contributed by atoms with Crippen LogP contribution in [0.25, 0.3) is 0 Å². The van der Waals surface area contributed by atoms with Crippen molar-refractivity contribution in [3.05, 3.63) is 35.4 Å². The van der Waals surface area contributed by atoms with E-state index in [2.05, 4.69) is 12.2 Å². The van der Waals surface area contributed by atoms with E-state index in [-0.39, 0.29) is 5.91 Å². The average Bonchev–Trinajstić information content (AvgIpc) is 2.75. The van der Waals surface area contributed by atoms with Crippen LogP contribution in [-0.4, -0.2) is 11.9 Å². The van der Waals surface area contributed by atoms with Gasteiger partial charge in [0.15, 0.2) is 0 Å². The van der Waals surface area contributed by atoms with Crippen molar-refractivity contribution in [2.45, 2.75) is 38.8 Å². The van der Waals surface area contributed by atoms with Crippen LogP contribution in [0.3, 0.4) is 0 Å². The molecule has 2 atom stereocenters. The van der Waals surface area contributed by atoms with E-state index in [1.54, 1.807) is 0 Å². The highest BCUT2D eigenvalue weighted by Gasteiger charge is 2.22. The minimum absolute atomic E-state index is 0.0349. The first-order valence-electron chi connectivity index (χ1n) is 6.29. The molecule has 0 aliphatic heterocycles. The second-order valence-electron chi connectivity index (χ2n) is 4.99. The highest BCUT2D eigenvalue weighted by atomic mass is 16.1. The van der Waals surface area contributed by atoms with Gasteiger partial charge in [-0.2, -0.15) is 0 Å². The lowest BCUT2D eigenvalue weighted by Crippen LogP contribution is -2.32. The quantitative estimate of drug-likeness (QED) is 0.838. The van der Waals surface area contributed by atoms with Crippen LogP contribution >= 0.6 is 0 Å². The van der Waals surface area contributed by atoms with Crippen molar-refractivity contribution >= 4 is 5.91 Å². The number of carbonyl (C=O) groups is 1. The van der Waals surface area contributed by atoms with E-state index in [0.717, 1.165) is 29.9 Å². The summed E-state index contributed by atoms with van der Waals surface area (Å²) in [5, 5.41) is 3.09. The number of amides is 1. The summed E-state index contributed by atoms with van der Waals surface area (Å²) >= 11 is 0. The molecule has 1 aliphatic rings. The van der Waals surface area contributed by atoms with Crippen LogP contribution < -0.4 is 11.1 Å². The summed E-state index contributed by atoms with van der Waals surface area (Å²) in [5.41, 5.74) is 7.30. The molecule has 3 N–H and O–H groups in total. The van der Waals surface area contributed by atoms with Gasteiger partial charge in [0.05, 0.1) is 0 Å². The fraction of sp³-hybridized carbons (Fsp3) is 0.500. The molecule has 92 valence electrons. The molecule has 0 saturated heterocycles. The molecule has 2 rings (SSSR count). The van der Waals surface area contributed by atoms with Gasteiger partial charge in [-0.25, -0.2) is 0 Å². The van der Waals surface area contributed by atoms with Gasteiger partial charge in [-0.1, -0.05) is 19.1 Å². The van der Waals surface area contributed by atoms with E-state index < -0.39 is 0 Å². The second kappa shape index (κ2) is 5.32. The van der Waals surface area contributed by atoms with E-state index in [0.29, 0.717) is 12.6 Å². The Balaban J connectivity index is 1.94. The van der Waals surface area contributed by atoms with Crippen molar-refractivity contribution in [1.29, 1.82) is 0 Å². The molecule has 3 heteroatoms. The van der Waals surface area contributed by atoms with Crippen molar-refractivity contribution < 1.29 is 4.79 Å². The summed E-state index contributed by atoms with van der Waals surface area (Å²) in [5.74, 6) is 0.771. The fourth-order valence-electron chi connectivity index (χ4n) is 2.40. The highest BCUT2D eigenvalue weighted by Crippen LogP contribution is 2.24. The first-order valence-corrected chi connectivity index (χ1v) is 6.29. The molecular formula is C14H20N2O. The summed E-state index contributed by atoms with van der Waals surface area (Å²) in [7, 11) is 0. The van der Waals surface area contributed by atoms with Gasteiger partial charge < -0.3 is 11.1 Å². The molecule has 1 aromatic rings. The summed E-state index contributed by atoms with van der Waals surface area (Å²) < 4.78 is 0. The first kappa shape index (κ1) is 12.1. The number of hydrogen-bond acceptors (Lipinski definition) is 2. The molecule has 0 bridgehead atoms. The van der Waals surface area contributed by atoms with Crippen LogP contribution in [0.1, 0.15) is 42.1 Å². The molecule has 1 aromatic carbocycles. The van der Waals surface area contributed by atoms with E-state index in [9.17, 15) is 4.79 Å². The third-order valence-electron chi connectivity index (χ3n) is 3.48. The van der Waals surface area contributed by atoms with Crippen molar-refractivity contribution in [2.75, 3.05) is 0 Å². The van der Waals surface area contributed by atoms with Gasteiger partial charge in [0.1, 0.15) is 0 Å². The molecule has 0 heterocycles. The normalized spacial score (nSPS) is 23.6. The Bertz CT molecular complexity index is 386. The number of nitrogens with one attached hydrogen (secondary N) is 1. The Kier molecular flexibility index (Phi) is 3.79. The molecular weight excluding hydrogens is 212 g/mol. The van der Waals surface area contributed by atoms with Crippen molar-refractivity contribution in [1.82, 2.24) is 5.32 Å². The number of nitrogens with two attached hydrogens (primary N) is 1. The molecule has 1 amide bonds. The van der Waals surface area contributed by atoms with Gasteiger partial charge in [-0.15, -0.1) is 0 Å². The minimum Gasteiger partial charge on any atom is -0.349 e. The summed E-state index contributed by atoms with van der Waals surface area (Å²) in [6, 6.07) is 7.86. The lowest BCUT2D eigenvalue weighted by molar-refractivity contribution is 0.0937. The molecule has 1 saturated carbocycles. The fourth-order valence-corrected chi connectivity index (χ4v) is 2.40. The Morgan fingerprint density at radius 3 is 2.59 bits per heavy atom. The lowest BCUT2D eigenvalue weighted by Gasteiger charge is -2.12. The lowest BCUT2D eigenvalue weighted by atomic mass is 10.1. The van der Waals surface area contributed by atoms with Gasteiger partial charge in [-0.05, 0) is 42.9 Å². The molecule has 1 fully saturated rings. The molecule has 3 nitrogen and oxygen atoms in total. The third kappa shape index (κ3) is 3.07. The van der Waals surface area contributed by atoms with Gasteiger partial charge in [0.25, 0.3) is 5.91 Å². The Hall–Kier alpha value is -1.35. The topological polar surface area (TPSA) is 55.1 Å².